The number of nitrogens with two attached hydrogens (primary N) is 1. The second kappa shape index (κ2) is 7.44. The molecule has 9 heteroatoms. The third-order valence-corrected chi connectivity index (χ3v) is 5.11. The lowest BCUT2D eigenvalue weighted by atomic mass is 10.0. The number of H-pyrrole nitrogens is 1. The summed E-state index contributed by atoms with van der Waals surface area (Å²) >= 11 is 0. The number of benzene rings is 1. The van der Waals surface area contributed by atoms with Gasteiger partial charge in [0.25, 0.3) is 11.8 Å². The van der Waals surface area contributed by atoms with Gasteiger partial charge in [-0.15, -0.1) is 0 Å². The van der Waals surface area contributed by atoms with Crippen molar-refractivity contribution in [3.05, 3.63) is 47.3 Å². The molecule has 0 aliphatic carbocycles. The van der Waals surface area contributed by atoms with Crippen LogP contribution in [0.15, 0.2) is 30.5 Å². The van der Waals surface area contributed by atoms with Crippen LogP contribution in [-0.2, 0) is 4.79 Å². The van der Waals surface area contributed by atoms with Crippen LogP contribution in [0.2, 0.25) is 0 Å². The highest BCUT2D eigenvalue weighted by Gasteiger charge is 2.25. The normalized spacial score (nSPS) is 17.9. The Bertz CT molecular complexity index is 1020. The van der Waals surface area contributed by atoms with Crippen molar-refractivity contribution in [2.45, 2.75) is 0 Å². The molecule has 9 nitrogen and oxygen atoms in total. The van der Waals surface area contributed by atoms with Gasteiger partial charge in [-0.2, -0.15) is 0 Å². The minimum absolute atomic E-state index is 0.0248. The van der Waals surface area contributed by atoms with Crippen molar-refractivity contribution in [3.63, 3.8) is 0 Å². The molecular formula is C20H22N6O3. The number of urea groups is 1. The second-order valence-corrected chi connectivity index (χ2v) is 7.20. The highest BCUT2D eigenvalue weighted by Crippen LogP contribution is 2.35. The van der Waals surface area contributed by atoms with Gasteiger partial charge in [0.15, 0.2) is 0 Å². The van der Waals surface area contributed by atoms with Crippen LogP contribution in [0.1, 0.15) is 21.6 Å². The van der Waals surface area contributed by atoms with Crippen LogP contribution in [0.25, 0.3) is 11.6 Å². The molecular weight excluding hydrogens is 372 g/mol. The van der Waals surface area contributed by atoms with E-state index in [0.717, 1.165) is 13.1 Å². The zero-order valence-corrected chi connectivity index (χ0v) is 16.0. The molecule has 0 bridgehead atoms. The Morgan fingerprint density at radius 1 is 1.17 bits per heavy atom. The zero-order chi connectivity index (χ0) is 20.5. The Labute approximate surface area is 167 Å². The largest absolute Gasteiger partial charge is 0.361 e. The average molecular weight is 394 g/mol. The minimum Gasteiger partial charge on any atom is -0.361 e. The number of rotatable bonds is 3. The van der Waals surface area contributed by atoms with Gasteiger partial charge in [-0.25, -0.2) is 4.79 Å². The summed E-state index contributed by atoms with van der Waals surface area (Å²) < 4.78 is 0. The Morgan fingerprint density at radius 3 is 2.66 bits per heavy atom. The predicted molar refractivity (Wildman–Crippen MR) is 110 cm³/mol. The van der Waals surface area contributed by atoms with Gasteiger partial charge >= 0.3 is 6.03 Å². The number of anilines is 2. The topological polar surface area (TPSA) is 124 Å². The van der Waals surface area contributed by atoms with Crippen LogP contribution in [0, 0.1) is 0 Å². The molecule has 2 aliphatic heterocycles. The number of aromatic nitrogens is 1. The second-order valence-electron chi connectivity index (χ2n) is 7.20. The fraction of sp³-hybridized carbons (Fsp3) is 0.250. The number of fused-ring (bicyclic) bond motifs is 1. The number of piperazine rings is 1. The van der Waals surface area contributed by atoms with Crippen molar-refractivity contribution < 1.29 is 14.4 Å². The Kier molecular flexibility index (Phi) is 4.81. The summed E-state index contributed by atoms with van der Waals surface area (Å²) in [6, 6.07) is 6.11. The lowest BCUT2D eigenvalue weighted by molar-refractivity contribution is -0.110. The SMILES string of the molecule is CN1CCN(C(=O)c2c[nH]c(/C=C3\C(=O)Nc4ccc(NC(N)=O)cc43)c2)CC1. The first-order valence-corrected chi connectivity index (χ1v) is 9.31. The van der Waals surface area contributed by atoms with Crippen LogP contribution in [0.5, 0.6) is 0 Å². The summed E-state index contributed by atoms with van der Waals surface area (Å²) in [4.78, 5) is 43.3. The number of primary amides is 1. The van der Waals surface area contributed by atoms with E-state index in [-0.39, 0.29) is 11.8 Å². The maximum Gasteiger partial charge on any atom is 0.316 e. The Hall–Kier alpha value is -3.59. The van der Waals surface area contributed by atoms with E-state index in [9.17, 15) is 14.4 Å². The van der Waals surface area contributed by atoms with E-state index in [1.165, 1.54) is 0 Å². The molecule has 0 atom stereocenters. The molecule has 4 rings (SSSR count). The van der Waals surface area contributed by atoms with Gasteiger partial charge in [0.2, 0.25) is 0 Å². The number of carbonyl (C=O) groups excluding carboxylic acids is 3. The molecule has 0 saturated carbocycles. The highest BCUT2D eigenvalue weighted by atomic mass is 16.2. The van der Waals surface area contributed by atoms with Crippen molar-refractivity contribution in [3.8, 4) is 0 Å². The van der Waals surface area contributed by atoms with E-state index in [4.69, 9.17) is 5.73 Å². The number of aromatic amines is 1. The number of hydrogen-bond acceptors (Lipinski definition) is 4. The van der Waals surface area contributed by atoms with Crippen LogP contribution >= 0.6 is 0 Å². The molecule has 150 valence electrons. The molecule has 0 spiro atoms. The third kappa shape index (κ3) is 3.85. The molecule has 2 aliphatic rings. The monoisotopic (exact) mass is 394 g/mol. The lowest BCUT2D eigenvalue weighted by Gasteiger charge is -2.32. The van der Waals surface area contributed by atoms with Gasteiger partial charge < -0.3 is 31.2 Å². The molecule has 1 aromatic heterocycles. The quantitative estimate of drug-likeness (QED) is 0.587. The van der Waals surface area contributed by atoms with E-state index in [1.54, 1.807) is 36.5 Å². The van der Waals surface area contributed by atoms with E-state index >= 15 is 0 Å². The van der Waals surface area contributed by atoms with Crippen molar-refractivity contribution in [2.75, 3.05) is 43.9 Å². The Balaban J connectivity index is 1.57. The molecule has 1 fully saturated rings. The molecule has 1 saturated heterocycles. The number of carbonyl (C=O) groups is 3. The van der Waals surface area contributed by atoms with Gasteiger partial charge in [0.1, 0.15) is 0 Å². The molecule has 0 radical (unpaired) electrons. The molecule has 1 aromatic carbocycles. The maximum atomic E-state index is 12.7. The summed E-state index contributed by atoms with van der Waals surface area (Å²) in [5, 5.41) is 5.29. The summed E-state index contributed by atoms with van der Waals surface area (Å²) in [5.41, 5.74) is 8.61. The first kappa shape index (κ1) is 18.8. The van der Waals surface area contributed by atoms with Crippen molar-refractivity contribution >= 4 is 40.9 Å². The van der Waals surface area contributed by atoms with Gasteiger partial charge in [-0.05, 0) is 37.4 Å². The van der Waals surface area contributed by atoms with Gasteiger partial charge in [0, 0.05) is 55.0 Å². The van der Waals surface area contributed by atoms with Crippen molar-refractivity contribution in [1.82, 2.24) is 14.8 Å². The summed E-state index contributed by atoms with van der Waals surface area (Å²) in [7, 11) is 2.04. The molecule has 5 N–H and O–H groups in total. The molecule has 4 amide bonds. The smallest absolute Gasteiger partial charge is 0.316 e. The number of nitrogens with zero attached hydrogens (tertiary/aromatic N) is 2. The first-order chi connectivity index (χ1) is 13.9. The zero-order valence-electron chi connectivity index (χ0n) is 16.0. The summed E-state index contributed by atoms with van der Waals surface area (Å²) in [5.74, 6) is -0.277. The fourth-order valence-electron chi connectivity index (χ4n) is 3.52. The Morgan fingerprint density at radius 2 is 1.93 bits per heavy atom. The predicted octanol–water partition coefficient (Wildman–Crippen LogP) is 1.39. The van der Waals surface area contributed by atoms with Crippen molar-refractivity contribution in [2.24, 2.45) is 5.73 Å². The van der Waals surface area contributed by atoms with E-state index in [2.05, 4.69) is 20.5 Å². The number of amides is 4. The van der Waals surface area contributed by atoms with Crippen LogP contribution in [0.3, 0.4) is 0 Å². The van der Waals surface area contributed by atoms with Gasteiger partial charge in [-0.1, -0.05) is 0 Å². The third-order valence-electron chi connectivity index (χ3n) is 5.11. The first-order valence-electron chi connectivity index (χ1n) is 9.31. The molecule has 3 heterocycles. The van der Waals surface area contributed by atoms with E-state index in [0.29, 0.717) is 46.9 Å². The molecule has 0 unspecified atom stereocenters. The fourth-order valence-corrected chi connectivity index (χ4v) is 3.52. The average Bonchev–Trinajstić information content (AvgIpc) is 3.27. The van der Waals surface area contributed by atoms with Crippen LogP contribution < -0.4 is 16.4 Å². The standard InChI is InChI=1S/C20H22N6O3/c1-25-4-6-26(7-5-25)19(28)12-8-14(22-11-12)10-16-15-9-13(23-20(21)29)2-3-17(15)24-18(16)27/h2-3,8-11,22H,4-7H2,1H3,(H,24,27)(H3,21,23,29)/b16-10-. The number of hydrogen-bond donors (Lipinski definition) is 4. The van der Waals surface area contributed by atoms with Crippen LogP contribution in [-0.4, -0.2) is 65.9 Å². The van der Waals surface area contributed by atoms with E-state index < -0.39 is 6.03 Å². The summed E-state index contributed by atoms with van der Waals surface area (Å²) in [6.07, 6.45) is 3.35. The van der Waals surface area contributed by atoms with Crippen LogP contribution in [0.4, 0.5) is 16.2 Å². The van der Waals surface area contributed by atoms with E-state index in [1.807, 2.05) is 11.9 Å². The highest BCUT2D eigenvalue weighted by molar-refractivity contribution is 6.35. The lowest BCUT2D eigenvalue weighted by Crippen LogP contribution is -2.47. The minimum atomic E-state index is -0.677. The number of nitrogens with one attached hydrogen (secondary N) is 3. The van der Waals surface area contributed by atoms with Gasteiger partial charge in [0.05, 0.1) is 11.1 Å². The molecule has 29 heavy (non-hydrogen) atoms. The number of likely N-dealkylation sites (N-methyl/N-ethyl adjacent to an activating group) is 1. The van der Waals surface area contributed by atoms with Gasteiger partial charge in [-0.3, -0.25) is 9.59 Å². The van der Waals surface area contributed by atoms with Crippen molar-refractivity contribution in [1.29, 1.82) is 0 Å². The summed E-state index contributed by atoms with van der Waals surface area (Å²) in [6.45, 7) is 3.10. The maximum absolute atomic E-state index is 12.7. The molecule has 2 aromatic rings.